The fourth-order valence-electron chi connectivity index (χ4n) is 2.82. The molecule has 3 saturated carbocycles. The first-order chi connectivity index (χ1) is 9.72. The van der Waals surface area contributed by atoms with E-state index in [1.807, 2.05) is 4.90 Å². The molecule has 1 heterocycles. The van der Waals surface area contributed by atoms with Gasteiger partial charge >= 0.3 is 0 Å². The number of nitrogen functional groups attached to an aromatic ring is 1. The van der Waals surface area contributed by atoms with Crippen molar-refractivity contribution in [1.82, 2.24) is 15.1 Å². The summed E-state index contributed by atoms with van der Waals surface area (Å²) in [5.74, 6) is 1.95. The van der Waals surface area contributed by atoms with E-state index in [0.717, 1.165) is 31.6 Å². The molecule has 0 saturated heterocycles. The van der Waals surface area contributed by atoms with Gasteiger partial charge in [0.2, 0.25) is 0 Å². The van der Waals surface area contributed by atoms with Crippen LogP contribution in [-0.4, -0.2) is 34.1 Å². The van der Waals surface area contributed by atoms with Crippen LogP contribution in [0.2, 0.25) is 0 Å². The molecule has 0 radical (unpaired) electrons. The lowest BCUT2D eigenvalue weighted by molar-refractivity contribution is 0.0734. The molecule has 1 aromatic heterocycles. The molecule has 5 nitrogen and oxygen atoms in total. The maximum absolute atomic E-state index is 12.7. The summed E-state index contributed by atoms with van der Waals surface area (Å²) in [5.41, 5.74) is 8.16. The highest BCUT2D eigenvalue weighted by molar-refractivity contribution is 5.97. The van der Waals surface area contributed by atoms with Gasteiger partial charge in [-0.3, -0.25) is 9.89 Å². The number of rotatable bonds is 6. The van der Waals surface area contributed by atoms with Crippen LogP contribution in [-0.2, 0) is 0 Å². The summed E-state index contributed by atoms with van der Waals surface area (Å²) < 4.78 is 0. The lowest BCUT2D eigenvalue weighted by atomic mass is 10.2. The van der Waals surface area contributed by atoms with Crippen LogP contribution in [0.25, 0.3) is 0 Å². The number of nitrogens with zero attached hydrogens (tertiary/aromatic N) is 2. The number of aromatic amines is 1. The van der Waals surface area contributed by atoms with Crippen molar-refractivity contribution in [3.8, 4) is 0 Å². The lowest BCUT2D eigenvalue weighted by Crippen LogP contribution is -2.35. The van der Waals surface area contributed by atoms with Gasteiger partial charge in [-0.05, 0) is 50.4 Å². The highest BCUT2D eigenvalue weighted by Crippen LogP contribution is 2.42. The number of nitrogens with one attached hydrogen (secondary N) is 1. The molecule has 1 aromatic rings. The van der Waals surface area contributed by atoms with Gasteiger partial charge in [-0.1, -0.05) is 0 Å². The van der Waals surface area contributed by atoms with Crippen LogP contribution in [0, 0.1) is 11.8 Å². The Morgan fingerprint density at radius 3 is 2.25 bits per heavy atom. The molecule has 1 amide bonds. The van der Waals surface area contributed by atoms with Crippen molar-refractivity contribution >= 4 is 11.6 Å². The van der Waals surface area contributed by atoms with Crippen molar-refractivity contribution in [2.75, 3.05) is 18.8 Å². The smallest absolute Gasteiger partial charge is 0.276 e. The number of anilines is 1. The van der Waals surface area contributed by atoms with Gasteiger partial charge in [-0.25, -0.2) is 0 Å². The van der Waals surface area contributed by atoms with Gasteiger partial charge < -0.3 is 10.6 Å². The SMILES string of the molecule is Nc1c(C(=O)N(CC2CC2)CC2CC2)n[nH]c1C1CC1. The van der Waals surface area contributed by atoms with Gasteiger partial charge in [0.25, 0.3) is 5.91 Å². The number of H-pyrrole nitrogens is 1. The molecule has 20 heavy (non-hydrogen) atoms. The molecular weight excluding hydrogens is 252 g/mol. The Morgan fingerprint density at radius 2 is 1.75 bits per heavy atom. The Kier molecular flexibility index (Phi) is 2.75. The van der Waals surface area contributed by atoms with E-state index >= 15 is 0 Å². The fourth-order valence-corrected chi connectivity index (χ4v) is 2.82. The molecule has 5 heteroatoms. The predicted octanol–water partition coefficient (Wildman–Crippen LogP) is 2.13. The average molecular weight is 274 g/mol. The van der Waals surface area contributed by atoms with E-state index in [-0.39, 0.29) is 5.91 Å². The number of carbonyl (C=O) groups is 1. The number of amides is 1. The quantitative estimate of drug-likeness (QED) is 0.834. The van der Waals surface area contributed by atoms with E-state index in [0.29, 0.717) is 29.1 Å². The monoisotopic (exact) mass is 274 g/mol. The Hall–Kier alpha value is -1.52. The number of hydrogen-bond donors (Lipinski definition) is 2. The topological polar surface area (TPSA) is 75.0 Å². The van der Waals surface area contributed by atoms with Gasteiger partial charge in [-0.2, -0.15) is 5.10 Å². The molecule has 0 atom stereocenters. The summed E-state index contributed by atoms with van der Waals surface area (Å²) in [4.78, 5) is 14.7. The van der Waals surface area contributed by atoms with Crippen LogP contribution in [0.5, 0.6) is 0 Å². The minimum Gasteiger partial charge on any atom is -0.395 e. The molecule has 3 N–H and O–H groups in total. The van der Waals surface area contributed by atoms with Crippen molar-refractivity contribution in [1.29, 1.82) is 0 Å². The van der Waals surface area contributed by atoms with Crippen LogP contribution >= 0.6 is 0 Å². The van der Waals surface area contributed by atoms with E-state index < -0.39 is 0 Å². The zero-order valence-corrected chi connectivity index (χ0v) is 11.8. The normalized spacial score (nSPS) is 22.0. The Labute approximate surface area is 118 Å². The number of carbonyl (C=O) groups excluding carboxylic acids is 1. The summed E-state index contributed by atoms with van der Waals surface area (Å²) in [6, 6.07) is 0. The third kappa shape index (κ3) is 2.41. The van der Waals surface area contributed by atoms with Crippen molar-refractivity contribution in [2.24, 2.45) is 11.8 Å². The van der Waals surface area contributed by atoms with Crippen molar-refractivity contribution < 1.29 is 4.79 Å². The highest BCUT2D eigenvalue weighted by Gasteiger charge is 2.35. The zero-order chi connectivity index (χ0) is 13.7. The molecule has 3 fully saturated rings. The summed E-state index contributed by atoms with van der Waals surface area (Å²) in [5, 5.41) is 7.20. The first-order valence-electron chi connectivity index (χ1n) is 7.85. The molecule has 0 unspecified atom stereocenters. The summed E-state index contributed by atoms with van der Waals surface area (Å²) >= 11 is 0. The van der Waals surface area contributed by atoms with E-state index in [4.69, 9.17) is 5.73 Å². The van der Waals surface area contributed by atoms with Crippen LogP contribution in [0.1, 0.15) is 60.6 Å². The first kappa shape index (κ1) is 12.2. The summed E-state index contributed by atoms with van der Waals surface area (Å²) in [6.45, 7) is 1.78. The van der Waals surface area contributed by atoms with Crippen molar-refractivity contribution in [3.63, 3.8) is 0 Å². The molecule has 108 valence electrons. The molecule has 3 aliphatic carbocycles. The second-order valence-corrected chi connectivity index (χ2v) is 6.77. The van der Waals surface area contributed by atoms with Gasteiger partial charge in [0, 0.05) is 19.0 Å². The van der Waals surface area contributed by atoms with Crippen LogP contribution in [0.4, 0.5) is 5.69 Å². The molecule has 4 rings (SSSR count). The Bertz CT molecular complexity index is 512. The Balaban J connectivity index is 1.52. The second kappa shape index (κ2) is 4.50. The summed E-state index contributed by atoms with van der Waals surface area (Å²) in [7, 11) is 0. The van der Waals surface area contributed by atoms with E-state index in [9.17, 15) is 4.79 Å². The second-order valence-electron chi connectivity index (χ2n) is 6.77. The van der Waals surface area contributed by atoms with Crippen LogP contribution in [0.3, 0.4) is 0 Å². The number of aromatic nitrogens is 2. The molecule has 0 spiro atoms. The van der Waals surface area contributed by atoms with E-state index in [1.165, 1.54) is 25.7 Å². The predicted molar refractivity (Wildman–Crippen MR) is 76.3 cm³/mol. The molecule has 3 aliphatic rings. The molecular formula is C15H22N4O. The minimum atomic E-state index is 0.0319. The van der Waals surface area contributed by atoms with E-state index in [1.54, 1.807) is 0 Å². The average Bonchev–Trinajstić information content (AvgIpc) is 3.28. The van der Waals surface area contributed by atoms with E-state index in [2.05, 4.69) is 10.2 Å². The molecule has 0 aliphatic heterocycles. The van der Waals surface area contributed by atoms with Gasteiger partial charge in [0.05, 0.1) is 11.4 Å². The van der Waals surface area contributed by atoms with Crippen molar-refractivity contribution in [2.45, 2.75) is 44.4 Å². The fraction of sp³-hybridized carbons (Fsp3) is 0.733. The zero-order valence-electron chi connectivity index (χ0n) is 11.8. The largest absolute Gasteiger partial charge is 0.395 e. The molecule has 0 aromatic carbocycles. The van der Waals surface area contributed by atoms with Crippen molar-refractivity contribution in [3.05, 3.63) is 11.4 Å². The number of nitrogens with two attached hydrogens (primary N) is 1. The third-order valence-electron chi connectivity index (χ3n) is 4.66. The maximum Gasteiger partial charge on any atom is 0.276 e. The maximum atomic E-state index is 12.7. The van der Waals surface area contributed by atoms with Crippen LogP contribution < -0.4 is 5.73 Å². The summed E-state index contributed by atoms with van der Waals surface area (Å²) in [6.07, 6.45) is 7.37. The van der Waals surface area contributed by atoms with Gasteiger partial charge in [0.1, 0.15) is 0 Å². The minimum absolute atomic E-state index is 0.0319. The van der Waals surface area contributed by atoms with Crippen LogP contribution in [0.15, 0.2) is 0 Å². The van der Waals surface area contributed by atoms with Gasteiger partial charge in [0.15, 0.2) is 5.69 Å². The number of hydrogen-bond acceptors (Lipinski definition) is 3. The van der Waals surface area contributed by atoms with Gasteiger partial charge in [-0.15, -0.1) is 0 Å². The third-order valence-corrected chi connectivity index (χ3v) is 4.66. The first-order valence-corrected chi connectivity index (χ1v) is 7.85. The lowest BCUT2D eigenvalue weighted by Gasteiger charge is -2.21. The highest BCUT2D eigenvalue weighted by atomic mass is 16.2. The Morgan fingerprint density at radius 1 is 1.15 bits per heavy atom. The standard InChI is InChI=1S/C15H22N4O/c16-12-13(11-5-6-11)17-18-14(12)15(20)19(7-9-1-2-9)8-10-3-4-10/h9-11H,1-8,16H2,(H,17,18). The molecule has 0 bridgehead atoms.